The van der Waals surface area contributed by atoms with Crippen molar-refractivity contribution in [3.8, 4) is 0 Å². The van der Waals surface area contributed by atoms with Crippen molar-refractivity contribution in [1.29, 1.82) is 0 Å². The highest BCUT2D eigenvalue weighted by molar-refractivity contribution is 7.85. The standard InChI is InChI=1S/C26H46F3NO10S/c1-10-23(7,20(34)40-17(2)13-25(9,35)26(27,28)29)15-24(8,19(33)39-12-11-31)14-21(3,4)18(32)30-22(5,6)16-41(36,37)38/h17,31,35H,10-16H2,1-9H3,(H,30,32)(H,36,37,38). The Hall–Kier alpha value is -1.97. The van der Waals surface area contributed by atoms with Crippen LogP contribution in [0.5, 0.6) is 0 Å². The Morgan fingerprint density at radius 1 is 0.927 bits per heavy atom. The first-order valence-electron chi connectivity index (χ1n) is 13.1. The van der Waals surface area contributed by atoms with E-state index in [4.69, 9.17) is 14.6 Å². The van der Waals surface area contributed by atoms with Gasteiger partial charge in [-0.05, 0) is 60.8 Å². The topological polar surface area (TPSA) is 177 Å². The fourth-order valence-corrected chi connectivity index (χ4v) is 5.77. The third kappa shape index (κ3) is 12.0. The highest BCUT2D eigenvalue weighted by atomic mass is 32.2. The van der Waals surface area contributed by atoms with E-state index in [9.17, 15) is 45.6 Å². The van der Waals surface area contributed by atoms with Crippen LogP contribution >= 0.6 is 0 Å². The molecule has 11 nitrogen and oxygen atoms in total. The lowest BCUT2D eigenvalue weighted by Crippen LogP contribution is -2.54. The third-order valence-electron chi connectivity index (χ3n) is 6.92. The van der Waals surface area contributed by atoms with Crippen molar-refractivity contribution >= 4 is 28.0 Å². The summed E-state index contributed by atoms with van der Waals surface area (Å²) >= 11 is 0. The first kappa shape index (κ1) is 39.0. The number of aliphatic hydroxyl groups is 2. The number of nitrogens with one attached hydrogen (secondary N) is 1. The Bertz CT molecular complexity index is 1040. The molecule has 15 heteroatoms. The van der Waals surface area contributed by atoms with Crippen molar-refractivity contribution in [2.75, 3.05) is 19.0 Å². The lowest BCUT2D eigenvalue weighted by Gasteiger charge is -2.41. The molecule has 0 aromatic heterocycles. The van der Waals surface area contributed by atoms with Crippen LogP contribution in [0.25, 0.3) is 0 Å². The Kier molecular flexibility index (Phi) is 12.9. The summed E-state index contributed by atoms with van der Waals surface area (Å²) in [6.45, 7) is 11.1. The van der Waals surface area contributed by atoms with E-state index >= 15 is 0 Å². The van der Waals surface area contributed by atoms with Gasteiger partial charge in [0.25, 0.3) is 10.1 Å². The van der Waals surface area contributed by atoms with E-state index in [1.54, 1.807) is 6.92 Å². The van der Waals surface area contributed by atoms with Gasteiger partial charge in [-0.25, -0.2) is 0 Å². The van der Waals surface area contributed by atoms with Crippen molar-refractivity contribution in [1.82, 2.24) is 5.32 Å². The number of carbonyl (C=O) groups excluding carboxylic acids is 3. The van der Waals surface area contributed by atoms with Gasteiger partial charge >= 0.3 is 18.1 Å². The molecule has 0 heterocycles. The molecule has 1 amide bonds. The summed E-state index contributed by atoms with van der Waals surface area (Å²) in [5.74, 6) is -3.24. The second-order valence-electron chi connectivity index (χ2n) is 12.8. The number of halogens is 3. The molecule has 0 saturated heterocycles. The molecule has 0 aliphatic heterocycles. The van der Waals surface area contributed by atoms with Gasteiger partial charge in [0.05, 0.1) is 28.7 Å². The Morgan fingerprint density at radius 2 is 1.44 bits per heavy atom. The van der Waals surface area contributed by atoms with Gasteiger partial charge in [-0.3, -0.25) is 18.9 Å². The van der Waals surface area contributed by atoms with Gasteiger partial charge in [-0.2, -0.15) is 21.6 Å². The highest BCUT2D eigenvalue weighted by Crippen LogP contribution is 2.46. The number of ether oxygens (including phenoxy) is 2. The van der Waals surface area contributed by atoms with Crippen LogP contribution < -0.4 is 5.32 Å². The molecule has 0 bridgehead atoms. The van der Waals surface area contributed by atoms with Gasteiger partial charge in [0, 0.05) is 11.8 Å². The van der Waals surface area contributed by atoms with Gasteiger partial charge in [-0.15, -0.1) is 0 Å². The molecule has 4 unspecified atom stereocenters. The monoisotopic (exact) mass is 621 g/mol. The van der Waals surface area contributed by atoms with E-state index in [0.717, 1.165) is 0 Å². The predicted octanol–water partition coefficient (Wildman–Crippen LogP) is 3.17. The van der Waals surface area contributed by atoms with Crippen LogP contribution in [0.3, 0.4) is 0 Å². The van der Waals surface area contributed by atoms with Crippen LogP contribution in [0.4, 0.5) is 13.2 Å². The smallest absolute Gasteiger partial charge is 0.417 e. The average Bonchev–Trinajstić information content (AvgIpc) is 2.73. The number of hydrogen-bond donors (Lipinski definition) is 4. The molecule has 0 saturated carbocycles. The zero-order chi connectivity index (χ0) is 32.9. The van der Waals surface area contributed by atoms with Crippen LogP contribution in [0.1, 0.15) is 88.0 Å². The summed E-state index contributed by atoms with van der Waals surface area (Å²) in [6, 6.07) is 0. The molecule has 0 aromatic rings. The molecule has 242 valence electrons. The zero-order valence-electron chi connectivity index (χ0n) is 25.3. The summed E-state index contributed by atoms with van der Waals surface area (Å²) in [5, 5.41) is 21.5. The van der Waals surface area contributed by atoms with E-state index in [2.05, 4.69) is 5.32 Å². The molecule has 0 spiro atoms. The largest absolute Gasteiger partial charge is 0.463 e. The molecule has 0 radical (unpaired) electrons. The maximum Gasteiger partial charge on any atom is 0.417 e. The normalized spacial score (nSPS) is 18.3. The minimum Gasteiger partial charge on any atom is -0.463 e. The Labute approximate surface area is 240 Å². The molecular formula is C26H46F3NO10S. The van der Waals surface area contributed by atoms with Crippen LogP contribution in [-0.2, 0) is 34.0 Å². The molecule has 4 atom stereocenters. The maximum absolute atomic E-state index is 13.2. The second-order valence-corrected chi connectivity index (χ2v) is 14.3. The van der Waals surface area contributed by atoms with E-state index in [1.807, 2.05) is 0 Å². The molecule has 0 aliphatic carbocycles. The molecule has 0 aromatic carbocycles. The Balaban J connectivity index is 6.19. The number of esters is 2. The fourth-order valence-electron chi connectivity index (χ4n) is 4.79. The molecule has 0 rings (SSSR count). The summed E-state index contributed by atoms with van der Waals surface area (Å²) in [7, 11) is -4.44. The summed E-state index contributed by atoms with van der Waals surface area (Å²) in [4.78, 5) is 39.7. The van der Waals surface area contributed by atoms with Crippen LogP contribution in [0.15, 0.2) is 0 Å². The van der Waals surface area contributed by atoms with E-state index in [-0.39, 0.29) is 25.9 Å². The average molecular weight is 622 g/mol. The molecule has 4 N–H and O–H groups in total. The van der Waals surface area contributed by atoms with E-state index < -0.39 is 86.4 Å². The van der Waals surface area contributed by atoms with Gasteiger partial charge in [0.2, 0.25) is 5.91 Å². The van der Waals surface area contributed by atoms with Gasteiger partial charge in [0.15, 0.2) is 5.60 Å². The number of rotatable bonds is 16. The third-order valence-corrected chi connectivity index (χ3v) is 8.00. The van der Waals surface area contributed by atoms with E-state index in [1.165, 1.54) is 48.5 Å². The number of alkyl halides is 3. The fraction of sp³-hybridized carbons (Fsp3) is 0.885. The summed E-state index contributed by atoms with van der Waals surface area (Å²) in [6.07, 6.45) is -7.66. The quantitative estimate of drug-likeness (QED) is 0.148. The van der Waals surface area contributed by atoms with Crippen molar-refractivity contribution in [2.45, 2.75) is 111 Å². The van der Waals surface area contributed by atoms with Crippen LogP contribution in [0.2, 0.25) is 0 Å². The minimum absolute atomic E-state index is 0.0745. The lowest BCUT2D eigenvalue weighted by atomic mass is 9.64. The minimum atomic E-state index is -4.96. The first-order valence-corrected chi connectivity index (χ1v) is 14.7. The number of carbonyl (C=O) groups is 3. The SMILES string of the molecule is CCC(C)(CC(C)(CC(C)(C)C(=O)NC(C)(C)CS(=O)(=O)O)C(=O)OCCO)C(=O)OC(C)CC(C)(O)C(F)(F)F. The van der Waals surface area contributed by atoms with Crippen molar-refractivity contribution < 1.29 is 60.2 Å². The van der Waals surface area contributed by atoms with Gasteiger partial charge in [-0.1, -0.05) is 20.8 Å². The molecule has 41 heavy (non-hydrogen) atoms. The Morgan fingerprint density at radius 3 is 1.85 bits per heavy atom. The second kappa shape index (κ2) is 13.6. The van der Waals surface area contributed by atoms with Crippen LogP contribution in [-0.4, -0.2) is 83.4 Å². The maximum atomic E-state index is 13.2. The molecule has 0 fully saturated rings. The summed E-state index contributed by atoms with van der Waals surface area (Å²) < 4.78 is 81.7. The highest BCUT2D eigenvalue weighted by Gasteiger charge is 2.52. The van der Waals surface area contributed by atoms with Crippen molar-refractivity contribution in [2.24, 2.45) is 16.2 Å². The van der Waals surface area contributed by atoms with Gasteiger partial charge < -0.3 is 25.0 Å². The van der Waals surface area contributed by atoms with Crippen molar-refractivity contribution in [3.05, 3.63) is 0 Å². The molecule has 0 aliphatic rings. The van der Waals surface area contributed by atoms with E-state index in [0.29, 0.717) is 6.92 Å². The zero-order valence-corrected chi connectivity index (χ0v) is 26.1. The van der Waals surface area contributed by atoms with Crippen LogP contribution in [0, 0.1) is 16.2 Å². The van der Waals surface area contributed by atoms with Crippen molar-refractivity contribution in [3.63, 3.8) is 0 Å². The summed E-state index contributed by atoms with van der Waals surface area (Å²) in [5.41, 5.74) is -8.90. The first-order chi connectivity index (χ1) is 18.1. The number of amides is 1. The molecular weight excluding hydrogens is 575 g/mol. The number of aliphatic hydroxyl groups excluding tert-OH is 1. The van der Waals surface area contributed by atoms with Gasteiger partial charge in [0.1, 0.15) is 12.7 Å². The predicted molar refractivity (Wildman–Crippen MR) is 143 cm³/mol. The lowest BCUT2D eigenvalue weighted by molar-refractivity contribution is -0.261. The number of hydrogen-bond acceptors (Lipinski definition) is 9.